The van der Waals surface area contributed by atoms with Crippen LogP contribution in [-0.4, -0.2) is 16.9 Å². The Kier molecular flexibility index (Phi) is 5.47. The fraction of sp³-hybridized carbons (Fsp3) is 0.400. The Balaban J connectivity index is 1.67. The molecule has 1 aromatic carbocycles. The van der Waals surface area contributed by atoms with Crippen LogP contribution in [0.3, 0.4) is 0 Å². The number of carbonyl (C=O) groups excluding carboxylic acids is 1. The molecule has 0 radical (unpaired) electrons. The smallest absolute Gasteiger partial charge is 0.253 e. The van der Waals surface area contributed by atoms with Crippen LogP contribution >= 0.6 is 0 Å². The summed E-state index contributed by atoms with van der Waals surface area (Å²) >= 11 is 0. The molecule has 1 aliphatic rings. The number of carbonyl (C=O) groups is 1. The van der Waals surface area contributed by atoms with E-state index in [1.54, 1.807) is 12.4 Å². The Morgan fingerprint density at radius 3 is 2.67 bits per heavy atom. The normalized spacial score (nSPS) is 20.4. The number of nitrogens with zero attached hydrogens (tertiary/aromatic N) is 1. The summed E-state index contributed by atoms with van der Waals surface area (Å²) in [4.78, 5) is 16.8. The van der Waals surface area contributed by atoms with E-state index in [0.717, 1.165) is 17.7 Å². The Morgan fingerprint density at radius 1 is 1.12 bits per heavy atom. The molecule has 0 saturated heterocycles. The number of para-hydroxylation sites is 1. The maximum atomic E-state index is 12.7. The van der Waals surface area contributed by atoms with Crippen LogP contribution in [0.25, 0.3) is 0 Å². The van der Waals surface area contributed by atoms with E-state index in [4.69, 9.17) is 0 Å². The Labute approximate surface area is 143 Å². The number of aromatic nitrogens is 1. The van der Waals surface area contributed by atoms with Crippen LogP contribution in [0.4, 0.5) is 5.69 Å². The highest BCUT2D eigenvalue weighted by molar-refractivity contribution is 5.99. The van der Waals surface area contributed by atoms with E-state index in [-0.39, 0.29) is 5.91 Å². The van der Waals surface area contributed by atoms with Gasteiger partial charge in [-0.3, -0.25) is 9.78 Å². The topological polar surface area (TPSA) is 54.0 Å². The van der Waals surface area contributed by atoms with Crippen molar-refractivity contribution in [2.24, 2.45) is 5.92 Å². The maximum Gasteiger partial charge on any atom is 0.253 e. The van der Waals surface area contributed by atoms with Gasteiger partial charge in [-0.1, -0.05) is 31.9 Å². The number of benzene rings is 1. The Morgan fingerprint density at radius 2 is 1.88 bits per heavy atom. The minimum absolute atomic E-state index is 0.0200. The number of hydrogen-bond acceptors (Lipinski definition) is 3. The lowest BCUT2D eigenvalue weighted by Gasteiger charge is -2.29. The molecule has 1 fully saturated rings. The average Bonchev–Trinajstić information content (AvgIpc) is 2.63. The lowest BCUT2D eigenvalue weighted by molar-refractivity contribution is 0.0911. The molecule has 4 nitrogen and oxygen atoms in total. The van der Waals surface area contributed by atoms with E-state index in [0.29, 0.717) is 24.1 Å². The van der Waals surface area contributed by atoms with E-state index < -0.39 is 0 Å². The lowest BCUT2D eigenvalue weighted by atomic mass is 9.86. The van der Waals surface area contributed by atoms with Gasteiger partial charge >= 0.3 is 0 Å². The lowest BCUT2D eigenvalue weighted by Crippen LogP contribution is -2.41. The van der Waals surface area contributed by atoms with Gasteiger partial charge in [-0.15, -0.1) is 0 Å². The van der Waals surface area contributed by atoms with E-state index in [2.05, 4.69) is 22.5 Å². The zero-order chi connectivity index (χ0) is 16.8. The van der Waals surface area contributed by atoms with Crippen molar-refractivity contribution in [3.05, 3.63) is 59.9 Å². The van der Waals surface area contributed by atoms with Crippen molar-refractivity contribution in [2.75, 3.05) is 5.32 Å². The molecule has 1 heterocycles. The van der Waals surface area contributed by atoms with Gasteiger partial charge in [0.2, 0.25) is 0 Å². The summed E-state index contributed by atoms with van der Waals surface area (Å²) in [7, 11) is 0. The second-order valence-electron chi connectivity index (χ2n) is 6.60. The van der Waals surface area contributed by atoms with Gasteiger partial charge in [0.1, 0.15) is 0 Å². The summed E-state index contributed by atoms with van der Waals surface area (Å²) in [5.41, 5.74) is 2.72. The standard InChI is InChI=1S/C20H25N3O/c1-15-6-2-4-8-18(15)23-20(24)17-7-3-5-9-19(17)22-14-16-10-12-21-13-11-16/h3,5,7,9-13,15,18,22H,2,4,6,8,14H2,1H3,(H,23,24)/t15-,18?/m1/s1. The van der Waals surface area contributed by atoms with E-state index in [1.165, 1.54) is 19.3 Å². The molecule has 3 rings (SSSR count). The van der Waals surface area contributed by atoms with Crippen LogP contribution < -0.4 is 10.6 Å². The SMILES string of the molecule is C[C@@H]1CCCCC1NC(=O)c1ccccc1NCc1ccncc1. The third-order valence-electron chi connectivity index (χ3n) is 4.83. The number of amides is 1. The molecule has 1 amide bonds. The van der Waals surface area contributed by atoms with Gasteiger partial charge in [0, 0.05) is 30.7 Å². The van der Waals surface area contributed by atoms with Crippen molar-refractivity contribution in [3.8, 4) is 0 Å². The summed E-state index contributed by atoms with van der Waals surface area (Å²) in [5.74, 6) is 0.575. The molecule has 0 aliphatic heterocycles. The van der Waals surface area contributed by atoms with E-state index in [1.807, 2.05) is 36.4 Å². The van der Waals surface area contributed by atoms with Gasteiger partial charge in [-0.2, -0.15) is 0 Å². The van der Waals surface area contributed by atoms with Crippen molar-refractivity contribution in [1.29, 1.82) is 0 Å². The summed E-state index contributed by atoms with van der Waals surface area (Å²) in [6, 6.07) is 11.9. The molecule has 24 heavy (non-hydrogen) atoms. The molecule has 1 saturated carbocycles. The predicted molar refractivity (Wildman–Crippen MR) is 96.9 cm³/mol. The second kappa shape index (κ2) is 7.95. The first-order valence-corrected chi connectivity index (χ1v) is 8.76. The van der Waals surface area contributed by atoms with Gasteiger partial charge < -0.3 is 10.6 Å². The van der Waals surface area contributed by atoms with Crippen molar-refractivity contribution < 1.29 is 4.79 Å². The molecule has 2 N–H and O–H groups in total. The molecule has 1 aliphatic carbocycles. The van der Waals surface area contributed by atoms with Crippen LogP contribution in [0.2, 0.25) is 0 Å². The van der Waals surface area contributed by atoms with Gasteiger partial charge in [0.05, 0.1) is 5.56 Å². The van der Waals surface area contributed by atoms with Crippen LogP contribution in [0.15, 0.2) is 48.8 Å². The summed E-state index contributed by atoms with van der Waals surface area (Å²) in [6.45, 7) is 2.91. The van der Waals surface area contributed by atoms with Gasteiger partial charge in [0.25, 0.3) is 5.91 Å². The van der Waals surface area contributed by atoms with Crippen molar-refractivity contribution in [1.82, 2.24) is 10.3 Å². The molecule has 2 atom stereocenters. The minimum atomic E-state index is 0.0200. The van der Waals surface area contributed by atoms with Crippen LogP contribution in [0.1, 0.15) is 48.5 Å². The van der Waals surface area contributed by atoms with Gasteiger partial charge in [0.15, 0.2) is 0 Å². The zero-order valence-corrected chi connectivity index (χ0v) is 14.2. The molecule has 126 valence electrons. The van der Waals surface area contributed by atoms with Crippen molar-refractivity contribution in [3.63, 3.8) is 0 Å². The Hall–Kier alpha value is -2.36. The van der Waals surface area contributed by atoms with Crippen LogP contribution in [0, 0.1) is 5.92 Å². The molecule has 4 heteroatoms. The summed E-state index contributed by atoms with van der Waals surface area (Å²) < 4.78 is 0. The third kappa shape index (κ3) is 4.13. The fourth-order valence-electron chi connectivity index (χ4n) is 3.31. The molecular formula is C20H25N3O. The van der Waals surface area contributed by atoms with E-state index >= 15 is 0 Å². The van der Waals surface area contributed by atoms with Crippen LogP contribution in [-0.2, 0) is 6.54 Å². The Bertz CT molecular complexity index is 672. The highest BCUT2D eigenvalue weighted by Gasteiger charge is 2.24. The third-order valence-corrected chi connectivity index (χ3v) is 4.83. The highest BCUT2D eigenvalue weighted by atomic mass is 16.1. The van der Waals surface area contributed by atoms with Crippen molar-refractivity contribution in [2.45, 2.75) is 45.2 Å². The number of rotatable bonds is 5. The first-order valence-electron chi connectivity index (χ1n) is 8.76. The first-order chi connectivity index (χ1) is 11.7. The monoisotopic (exact) mass is 323 g/mol. The number of hydrogen-bond donors (Lipinski definition) is 2. The average molecular weight is 323 g/mol. The molecule has 0 spiro atoms. The van der Waals surface area contributed by atoms with Gasteiger partial charge in [-0.25, -0.2) is 0 Å². The summed E-state index contributed by atoms with van der Waals surface area (Å²) in [5, 5.41) is 6.60. The molecule has 2 aromatic rings. The molecule has 0 bridgehead atoms. The number of anilines is 1. The first kappa shape index (κ1) is 16.5. The highest BCUT2D eigenvalue weighted by Crippen LogP contribution is 2.25. The quantitative estimate of drug-likeness (QED) is 0.874. The molecule has 1 aromatic heterocycles. The molecular weight excluding hydrogens is 298 g/mol. The zero-order valence-electron chi connectivity index (χ0n) is 14.2. The molecule has 1 unspecified atom stereocenters. The predicted octanol–water partition coefficient (Wildman–Crippen LogP) is 4.00. The van der Waals surface area contributed by atoms with Crippen molar-refractivity contribution >= 4 is 11.6 Å². The van der Waals surface area contributed by atoms with Gasteiger partial charge in [-0.05, 0) is 48.6 Å². The second-order valence-corrected chi connectivity index (χ2v) is 6.60. The fourth-order valence-corrected chi connectivity index (χ4v) is 3.31. The van der Waals surface area contributed by atoms with E-state index in [9.17, 15) is 4.79 Å². The number of pyridine rings is 1. The number of nitrogens with one attached hydrogen (secondary N) is 2. The maximum absolute atomic E-state index is 12.7. The minimum Gasteiger partial charge on any atom is -0.380 e. The summed E-state index contributed by atoms with van der Waals surface area (Å²) in [6.07, 6.45) is 8.32. The van der Waals surface area contributed by atoms with Crippen LogP contribution in [0.5, 0.6) is 0 Å². The largest absolute Gasteiger partial charge is 0.380 e.